The molecule has 0 atom stereocenters. The highest BCUT2D eigenvalue weighted by Crippen LogP contribution is 2.44. The summed E-state index contributed by atoms with van der Waals surface area (Å²) in [6.45, 7) is 45.5. The van der Waals surface area contributed by atoms with E-state index < -0.39 is 0 Å². The monoisotopic (exact) mass is 1360 g/mol. The van der Waals surface area contributed by atoms with Crippen molar-refractivity contribution >= 4 is 0 Å². The first-order valence-corrected chi connectivity index (χ1v) is 36.9. The predicted molar refractivity (Wildman–Crippen MR) is 438 cm³/mol. The van der Waals surface area contributed by atoms with Crippen molar-refractivity contribution in [1.29, 1.82) is 0 Å². The number of rotatable bonds is 15. The lowest BCUT2D eigenvalue weighted by Crippen LogP contribution is -2.16. The quantitative estimate of drug-likeness (QED) is 0.110. The van der Waals surface area contributed by atoms with Gasteiger partial charge in [-0.05, 0) is 219 Å². The molecule has 4 heterocycles. The summed E-state index contributed by atoms with van der Waals surface area (Å²) in [4.78, 5) is 20.3. The fraction of sp³-hybridized carbons (Fsp3) is 0.299. The Bertz CT molecular complexity index is 4920. The zero-order valence-electron chi connectivity index (χ0n) is 64.9. The van der Waals surface area contributed by atoms with Crippen LogP contribution >= 0.6 is 0 Å². The van der Waals surface area contributed by atoms with Crippen molar-refractivity contribution in [1.82, 2.24) is 19.9 Å². The zero-order chi connectivity index (χ0) is 74.0. The van der Waals surface area contributed by atoms with E-state index in [0.29, 0.717) is 29.2 Å². The number of para-hydroxylation sites is 2. The van der Waals surface area contributed by atoms with Crippen molar-refractivity contribution in [3.63, 3.8) is 0 Å². The highest BCUT2D eigenvalue weighted by Gasteiger charge is 2.26. The number of hydrogen-bond donors (Lipinski definition) is 1. The van der Waals surface area contributed by atoms with Gasteiger partial charge in [-0.2, -0.15) is 0 Å². The van der Waals surface area contributed by atoms with Gasteiger partial charge in [-0.1, -0.05) is 272 Å². The Morgan fingerprint density at radius 1 is 0.282 bits per heavy atom. The van der Waals surface area contributed by atoms with Crippen LogP contribution in [-0.2, 0) is 21.7 Å². The van der Waals surface area contributed by atoms with Crippen LogP contribution in [-0.4, -0.2) is 32.2 Å². The molecular formula is C97H106N4O2. The number of phenolic OH excluding ortho intramolecular Hbond substituents is 1. The molecule has 0 radical (unpaired) electrons. The predicted octanol–water partition coefficient (Wildman–Crippen LogP) is 27.0. The van der Waals surface area contributed by atoms with Crippen molar-refractivity contribution < 1.29 is 9.84 Å². The van der Waals surface area contributed by atoms with E-state index in [1.807, 2.05) is 48.8 Å². The van der Waals surface area contributed by atoms with Gasteiger partial charge >= 0.3 is 0 Å². The molecule has 1 N–H and O–H groups in total. The molecule has 4 aromatic heterocycles. The molecule has 0 unspecified atom stereocenters. The molecular weight excluding hydrogens is 1250 g/mol. The van der Waals surface area contributed by atoms with Gasteiger partial charge in [0, 0.05) is 45.8 Å². The molecule has 526 valence electrons. The second kappa shape index (κ2) is 30.1. The van der Waals surface area contributed by atoms with Crippen LogP contribution in [0.1, 0.15) is 207 Å². The summed E-state index contributed by atoms with van der Waals surface area (Å²) >= 11 is 0. The zero-order valence-corrected chi connectivity index (χ0v) is 64.9. The standard InChI is InChI=1S/C49H54N2O.C48H52N2O/c1-31(2)40-19-15-20-41(32(3)4)47(40)35-22-23-50-43(27-35)33-16-14-17-34(24-33)44-28-37(29-45(51-44)42-18-12-13-21-46(42)52-11)36-25-38(48(5,6)7)30-39(26-36)49(8,9)10;1-30(2)39-18-14-19-40(31(3)4)46(39)34-21-22-49-42(26-34)32-15-13-16-33(23-32)43-27-36(28-44(50-43)41-17-11-12-20-45(41)51)35-24-37(47(5,6)7)29-38(25-35)48(8,9)10/h12-32H,1-11H3;11-31,51H,1-10H3. The number of phenols is 1. The molecule has 0 spiro atoms. The minimum absolute atomic E-state index is 0.00116. The molecule has 0 bridgehead atoms. The summed E-state index contributed by atoms with van der Waals surface area (Å²) in [5, 5.41) is 11.0. The van der Waals surface area contributed by atoms with Crippen molar-refractivity contribution in [2.24, 2.45) is 0 Å². The third kappa shape index (κ3) is 16.9. The minimum atomic E-state index is -0.0200. The number of methoxy groups -OCH3 is 1. The smallest absolute Gasteiger partial charge is 0.128 e. The van der Waals surface area contributed by atoms with Crippen LogP contribution < -0.4 is 4.74 Å². The number of benzene rings is 8. The van der Waals surface area contributed by atoms with Gasteiger partial charge in [-0.15, -0.1) is 0 Å². The molecule has 0 saturated heterocycles. The van der Waals surface area contributed by atoms with Crippen molar-refractivity contribution in [3.8, 4) is 124 Å². The SMILES string of the molecule is CC(C)c1cccc(C(C)C)c1-c1ccnc(-c2cccc(-c3cc(-c4cc(C(C)(C)C)cc(C(C)(C)C)c4)cc(-c4ccccc4O)n3)c2)c1.COc1ccccc1-c1cc(-c2cc(C(C)(C)C)cc(C(C)(C)C)c2)cc(-c2cccc(-c3cc(-c4c(C(C)C)cccc4C(C)C)ccn3)c2)n1. The van der Waals surface area contributed by atoms with Gasteiger partial charge in [0.25, 0.3) is 0 Å². The van der Waals surface area contributed by atoms with E-state index in [2.05, 4.69) is 314 Å². The second-order valence-electron chi connectivity index (χ2n) is 33.3. The Morgan fingerprint density at radius 2 is 0.583 bits per heavy atom. The molecule has 8 aromatic carbocycles. The average Bonchev–Trinajstić information content (AvgIpc) is 0.787. The largest absolute Gasteiger partial charge is 0.507 e. The van der Waals surface area contributed by atoms with Gasteiger partial charge in [-0.3, -0.25) is 9.97 Å². The Labute approximate surface area is 615 Å². The maximum atomic E-state index is 11.0. The molecule has 103 heavy (non-hydrogen) atoms. The lowest BCUT2D eigenvalue weighted by atomic mass is 9.79. The van der Waals surface area contributed by atoms with Gasteiger partial charge < -0.3 is 9.84 Å². The number of ether oxygens (including phenoxy) is 1. The Morgan fingerprint density at radius 3 is 0.932 bits per heavy atom. The minimum Gasteiger partial charge on any atom is -0.507 e. The van der Waals surface area contributed by atoms with Crippen molar-refractivity contribution in [3.05, 3.63) is 275 Å². The van der Waals surface area contributed by atoms with Gasteiger partial charge in [0.2, 0.25) is 0 Å². The maximum Gasteiger partial charge on any atom is 0.128 e. The number of hydrogen-bond acceptors (Lipinski definition) is 6. The normalized spacial score (nSPS) is 12.1. The molecule has 6 nitrogen and oxygen atoms in total. The molecule has 6 heteroatoms. The molecule has 0 amide bonds. The van der Waals surface area contributed by atoms with E-state index in [4.69, 9.17) is 24.7 Å². The van der Waals surface area contributed by atoms with Gasteiger partial charge in [0.05, 0.1) is 41.3 Å². The lowest BCUT2D eigenvalue weighted by molar-refractivity contribution is 0.416. The highest BCUT2D eigenvalue weighted by atomic mass is 16.5. The van der Waals surface area contributed by atoms with Crippen LogP contribution in [0.2, 0.25) is 0 Å². The average molecular weight is 1360 g/mol. The first-order valence-electron chi connectivity index (χ1n) is 36.9. The van der Waals surface area contributed by atoms with E-state index >= 15 is 0 Å². The van der Waals surface area contributed by atoms with E-state index in [9.17, 15) is 5.11 Å². The number of nitrogens with zero attached hydrogens (tertiary/aromatic N) is 4. The fourth-order valence-electron chi connectivity index (χ4n) is 13.8. The third-order valence-electron chi connectivity index (χ3n) is 20.0. The van der Waals surface area contributed by atoms with E-state index in [1.165, 1.54) is 72.3 Å². The number of aromatic hydroxyl groups is 1. The Hall–Kier alpha value is -10.0. The summed E-state index contributed by atoms with van der Waals surface area (Å²) in [6.07, 6.45) is 3.88. The van der Waals surface area contributed by atoms with Crippen molar-refractivity contribution in [2.75, 3.05) is 7.11 Å². The summed E-state index contributed by atoms with van der Waals surface area (Å²) in [5.74, 6) is 2.64. The molecule has 0 aliphatic carbocycles. The summed E-state index contributed by atoms with van der Waals surface area (Å²) < 4.78 is 5.84. The van der Waals surface area contributed by atoms with Crippen LogP contribution in [0, 0.1) is 0 Å². The van der Waals surface area contributed by atoms with Gasteiger partial charge in [0.15, 0.2) is 0 Å². The Kier molecular flexibility index (Phi) is 21.7. The van der Waals surface area contributed by atoms with E-state index in [-0.39, 0.29) is 27.4 Å². The maximum absolute atomic E-state index is 11.0. The van der Waals surface area contributed by atoms with Crippen LogP contribution in [0.3, 0.4) is 0 Å². The topological polar surface area (TPSA) is 81.0 Å². The first-order chi connectivity index (χ1) is 48.7. The van der Waals surface area contributed by atoms with Crippen LogP contribution in [0.5, 0.6) is 11.5 Å². The summed E-state index contributed by atoms with van der Waals surface area (Å²) in [5.41, 5.74) is 31.2. The first kappa shape index (κ1) is 74.2. The second-order valence-corrected chi connectivity index (χ2v) is 33.3. The fourth-order valence-corrected chi connectivity index (χ4v) is 13.8. The highest BCUT2D eigenvalue weighted by molar-refractivity contribution is 5.85. The number of aromatic nitrogens is 4. The summed E-state index contributed by atoms with van der Waals surface area (Å²) in [7, 11) is 1.72. The van der Waals surface area contributed by atoms with Crippen LogP contribution in [0.25, 0.3) is 112 Å². The molecule has 0 saturated carbocycles. The summed E-state index contributed by atoms with van der Waals surface area (Å²) in [6, 6.07) is 77.8. The molecule has 0 aliphatic heterocycles. The molecule has 12 aromatic rings. The van der Waals surface area contributed by atoms with E-state index in [0.717, 1.165) is 84.4 Å². The molecule has 0 fully saturated rings. The van der Waals surface area contributed by atoms with E-state index in [1.54, 1.807) is 13.2 Å². The van der Waals surface area contributed by atoms with Crippen LogP contribution in [0.15, 0.2) is 231 Å². The molecule has 0 aliphatic rings. The third-order valence-corrected chi connectivity index (χ3v) is 20.0. The molecule has 12 rings (SSSR count). The Balaban J connectivity index is 0.000000207. The lowest BCUT2D eigenvalue weighted by Gasteiger charge is -2.26. The van der Waals surface area contributed by atoms with Gasteiger partial charge in [0.1, 0.15) is 11.5 Å². The number of pyridine rings is 4. The van der Waals surface area contributed by atoms with Crippen LogP contribution in [0.4, 0.5) is 0 Å². The van der Waals surface area contributed by atoms with Gasteiger partial charge in [-0.25, -0.2) is 9.97 Å². The van der Waals surface area contributed by atoms with Crippen molar-refractivity contribution in [2.45, 2.75) is 184 Å².